The second-order valence-corrected chi connectivity index (χ2v) is 5.71. The van der Waals surface area contributed by atoms with Gasteiger partial charge in [-0.1, -0.05) is 36.4 Å². The summed E-state index contributed by atoms with van der Waals surface area (Å²) in [5.41, 5.74) is 1.69. The molecule has 2 aromatic carbocycles. The number of rotatable bonds is 3. The van der Waals surface area contributed by atoms with Crippen molar-refractivity contribution in [1.82, 2.24) is 4.90 Å². The molecule has 1 heterocycles. The van der Waals surface area contributed by atoms with Gasteiger partial charge in [0.1, 0.15) is 5.56 Å². The first kappa shape index (κ1) is 15.2. The molecule has 0 saturated carbocycles. The molecule has 1 amide bonds. The Labute approximate surface area is 134 Å². The van der Waals surface area contributed by atoms with Crippen molar-refractivity contribution in [2.45, 2.75) is 19.3 Å². The quantitative estimate of drug-likeness (QED) is 0.638. The van der Waals surface area contributed by atoms with Crippen LogP contribution >= 0.6 is 0 Å². The van der Waals surface area contributed by atoms with Crippen LogP contribution < -0.4 is 0 Å². The second-order valence-electron chi connectivity index (χ2n) is 5.71. The van der Waals surface area contributed by atoms with Crippen LogP contribution in [0.2, 0.25) is 0 Å². The van der Waals surface area contributed by atoms with Gasteiger partial charge >= 0.3 is 0 Å². The number of piperidine rings is 1. The molecule has 0 aliphatic carbocycles. The SMILES string of the molecule is O=C(c1ccc(-c2ccccc2)cc1[N+](=O)[O-])N1CCCCC1. The van der Waals surface area contributed by atoms with E-state index in [1.165, 1.54) is 6.07 Å². The largest absolute Gasteiger partial charge is 0.338 e. The normalized spacial score (nSPS) is 14.5. The first-order valence-corrected chi connectivity index (χ1v) is 7.80. The number of likely N-dealkylation sites (tertiary alicyclic amines) is 1. The maximum atomic E-state index is 12.6. The summed E-state index contributed by atoms with van der Waals surface area (Å²) in [6.45, 7) is 1.35. The summed E-state index contributed by atoms with van der Waals surface area (Å²) in [5, 5.41) is 11.4. The molecule has 3 rings (SSSR count). The van der Waals surface area contributed by atoms with Crippen LogP contribution in [0.15, 0.2) is 48.5 Å². The summed E-state index contributed by atoms with van der Waals surface area (Å²) in [7, 11) is 0. The van der Waals surface area contributed by atoms with Crippen LogP contribution in [-0.2, 0) is 0 Å². The lowest BCUT2D eigenvalue weighted by Gasteiger charge is -2.26. The van der Waals surface area contributed by atoms with Crippen molar-refractivity contribution in [3.63, 3.8) is 0 Å². The van der Waals surface area contributed by atoms with Crippen LogP contribution in [0.4, 0.5) is 5.69 Å². The number of carbonyl (C=O) groups is 1. The van der Waals surface area contributed by atoms with Crippen molar-refractivity contribution in [3.05, 3.63) is 64.2 Å². The molecule has 1 aliphatic rings. The lowest BCUT2D eigenvalue weighted by atomic mass is 10.0. The van der Waals surface area contributed by atoms with E-state index < -0.39 is 4.92 Å². The van der Waals surface area contributed by atoms with Crippen LogP contribution in [0, 0.1) is 10.1 Å². The van der Waals surface area contributed by atoms with Crippen LogP contribution in [0.5, 0.6) is 0 Å². The van der Waals surface area contributed by atoms with Gasteiger partial charge in [0.25, 0.3) is 11.6 Å². The van der Waals surface area contributed by atoms with Crippen LogP contribution in [-0.4, -0.2) is 28.8 Å². The third kappa shape index (κ3) is 3.23. The first-order valence-electron chi connectivity index (χ1n) is 7.80. The molecule has 0 bridgehead atoms. The van der Waals surface area contributed by atoms with E-state index in [0.717, 1.165) is 30.4 Å². The Hall–Kier alpha value is -2.69. The molecular weight excluding hydrogens is 292 g/mol. The molecule has 5 nitrogen and oxygen atoms in total. The van der Waals surface area contributed by atoms with E-state index in [0.29, 0.717) is 13.1 Å². The molecule has 0 unspecified atom stereocenters. The van der Waals surface area contributed by atoms with Gasteiger partial charge in [-0.15, -0.1) is 0 Å². The van der Waals surface area contributed by atoms with Gasteiger partial charge in [-0.2, -0.15) is 0 Å². The lowest BCUT2D eigenvalue weighted by molar-refractivity contribution is -0.385. The van der Waals surface area contributed by atoms with Crippen LogP contribution in [0.25, 0.3) is 11.1 Å². The Morgan fingerprint density at radius 1 is 0.957 bits per heavy atom. The number of amides is 1. The zero-order valence-electron chi connectivity index (χ0n) is 12.8. The molecule has 2 aromatic rings. The Bertz CT molecular complexity index is 722. The van der Waals surface area contributed by atoms with Crippen LogP contribution in [0.3, 0.4) is 0 Å². The van der Waals surface area contributed by atoms with E-state index in [2.05, 4.69) is 0 Å². The van der Waals surface area contributed by atoms with E-state index >= 15 is 0 Å². The molecule has 1 aliphatic heterocycles. The highest BCUT2D eigenvalue weighted by molar-refractivity contribution is 5.99. The van der Waals surface area contributed by atoms with E-state index in [-0.39, 0.29) is 17.2 Å². The fourth-order valence-corrected chi connectivity index (χ4v) is 2.94. The number of hydrogen-bond donors (Lipinski definition) is 0. The van der Waals surface area contributed by atoms with Crippen molar-refractivity contribution < 1.29 is 9.72 Å². The average Bonchev–Trinajstić information content (AvgIpc) is 2.62. The highest BCUT2D eigenvalue weighted by Gasteiger charge is 2.26. The van der Waals surface area contributed by atoms with E-state index in [1.807, 2.05) is 30.3 Å². The van der Waals surface area contributed by atoms with Gasteiger partial charge in [-0.05, 0) is 36.5 Å². The molecule has 118 valence electrons. The van der Waals surface area contributed by atoms with E-state index in [9.17, 15) is 14.9 Å². The zero-order valence-corrected chi connectivity index (χ0v) is 12.8. The molecule has 23 heavy (non-hydrogen) atoms. The molecule has 0 atom stereocenters. The summed E-state index contributed by atoms with van der Waals surface area (Å²) in [6, 6.07) is 14.3. The number of hydrogen-bond acceptors (Lipinski definition) is 3. The Balaban J connectivity index is 1.97. The highest BCUT2D eigenvalue weighted by atomic mass is 16.6. The molecule has 1 saturated heterocycles. The molecule has 5 heteroatoms. The second kappa shape index (κ2) is 6.60. The zero-order chi connectivity index (χ0) is 16.2. The van der Waals surface area contributed by atoms with Crippen molar-refractivity contribution in [2.75, 3.05) is 13.1 Å². The molecule has 0 radical (unpaired) electrons. The van der Waals surface area contributed by atoms with Gasteiger partial charge in [0, 0.05) is 19.2 Å². The van der Waals surface area contributed by atoms with E-state index in [1.54, 1.807) is 17.0 Å². The predicted octanol–water partition coefficient (Wildman–Crippen LogP) is 3.89. The predicted molar refractivity (Wildman–Crippen MR) is 88.3 cm³/mol. The summed E-state index contributed by atoms with van der Waals surface area (Å²) < 4.78 is 0. The summed E-state index contributed by atoms with van der Waals surface area (Å²) >= 11 is 0. The number of nitro groups is 1. The van der Waals surface area contributed by atoms with Crippen molar-refractivity contribution in [3.8, 4) is 11.1 Å². The minimum Gasteiger partial charge on any atom is -0.338 e. The average molecular weight is 310 g/mol. The Kier molecular flexibility index (Phi) is 4.37. The standard InChI is InChI=1S/C18H18N2O3/c21-18(19-11-5-2-6-12-19)16-10-9-15(13-17(16)20(22)23)14-7-3-1-4-8-14/h1,3-4,7-10,13H,2,5-6,11-12H2. The number of nitrogens with zero attached hydrogens (tertiary/aromatic N) is 2. The van der Waals surface area contributed by atoms with Gasteiger partial charge in [-0.25, -0.2) is 0 Å². The fraction of sp³-hybridized carbons (Fsp3) is 0.278. The molecular formula is C18H18N2O3. The van der Waals surface area contributed by atoms with Gasteiger partial charge in [-0.3, -0.25) is 14.9 Å². The van der Waals surface area contributed by atoms with E-state index in [4.69, 9.17) is 0 Å². The van der Waals surface area contributed by atoms with Gasteiger partial charge in [0.05, 0.1) is 4.92 Å². The van der Waals surface area contributed by atoms with Gasteiger partial charge in [0.2, 0.25) is 0 Å². The molecule has 1 fully saturated rings. The lowest BCUT2D eigenvalue weighted by Crippen LogP contribution is -2.35. The number of carbonyl (C=O) groups excluding carboxylic acids is 1. The Morgan fingerprint density at radius 2 is 1.65 bits per heavy atom. The van der Waals surface area contributed by atoms with Crippen molar-refractivity contribution in [2.24, 2.45) is 0 Å². The van der Waals surface area contributed by atoms with Gasteiger partial charge < -0.3 is 4.90 Å². The summed E-state index contributed by atoms with van der Waals surface area (Å²) in [5.74, 6) is -0.240. The monoisotopic (exact) mass is 310 g/mol. The number of benzene rings is 2. The molecule has 0 N–H and O–H groups in total. The topological polar surface area (TPSA) is 63.4 Å². The summed E-state index contributed by atoms with van der Waals surface area (Å²) in [6.07, 6.45) is 3.03. The fourth-order valence-electron chi connectivity index (χ4n) is 2.94. The smallest absolute Gasteiger partial charge is 0.282 e. The van der Waals surface area contributed by atoms with Crippen molar-refractivity contribution in [1.29, 1.82) is 0 Å². The minimum atomic E-state index is -0.469. The maximum Gasteiger partial charge on any atom is 0.282 e. The van der Waals surface area contributed by atoms with Crippen LogP contribution in [0.1, 0.15) is 29.6 Å². The van der Waals surface area contributed by atoms with Crippen molar-refractivity contribution >= 4 is 11.6 Å². The number of nitro benzene ring substituents is 1. The third-order valence-corrected chi connectivity index (χ3v) is 4.18. The molecule has 0 aromatic heterocycles. The molecule has 0 spiro atoms. The summed E-state index contributed by atoms with van der Waals surface area (Å²) in [4.78, 5) is 25.3. The first-order chi connectivity index (χ1) is 11.2. The highest BCUT2D eigenvalue weighted by Crippen LogP contribution is 2.28. The Morgan fingerprint density at radius 3 is 2.30 bits per heavy atom. The maximum absolute atomic E-state index is 12.6. The van der Waals surface area contributed by atoms with Gasteiger partial charge in [0.15, 0.2) is 0 Å². The minimum absolute atomic E-state index is 0.123. The third-order valence-electron chi connectivity index (χ3n) is 4.18.